The Kier molecular flexibility index (Phi) is 5.60. The second-order valence-corrected chi connectivity index (χ2v) is 6.37. The predicted molar refractivity (Wildman–Crippen MR) is 88.0 cm³/mol. The quantitative estimate of drug-likeness (QED) is 0.868. The molecule has 1 aromatic rings. The molecule has 1 atom stereocenters. The highest BCUT2D eigenvalue weighted by atomic mass is 16.3. The van der Waals surface area contributed by atoms with Gasteiger partial charge in [-0.25, -0.2) is 0 Å². The van der Waals surface area contributed by atoms with Crippen LogP contribution in [0.25, 0.3) is 0 Å². The lowest BCUT2D eigenvalue weighted by atomic mass is 10.0. The smallest absolute Gasteiger partial charge is 0.257 e. The first-order valence-corrected chi connectivity index (χ1v) is 8.01. The van der Waals surface area contributed by atoms with Gasteiger partial charge in [0.15, 0.2) is 0 Å². The van der Waals surface area contributed by atoms with E-state index in [9.17, 15) is 14.7 Å². The van der Waals surface area contributed by atoms with Crippen LogP contribution < -0.4 is 5.73 Å². The van der Waals surface area contributed by atoms with Crippen molar-refractivity contribution in [2.75, 3.05) is 26.2 Å². The van der Waals surface area contributed by atoms with Gasteiger partial charge >= 0.3 is 0 Å². The number of rotatable bonds is 4. The van der Waals surface area contributed by atoms with E-state index in [0.717, 1.165) is 0 Å². The summed E-state index contributed by atoms with van der Waals surface area (Å²) >= 11 is 0. The molecule has 126 valence electrons. The van der Waals surface area contributed by atoms with Gasteiger partial charge in [0.2, 0.25) is 5.91 Å². The van der Waals surface area contributed by atoms with E-state index in [1.54, 1.807) is 28.0 Å². The van der Waals surface area contributed by atoms with Gasteiger partial charge in [-0.3, -0.25) is 9.59 Å². The van der Waals surface area contributed by atoms with Gasteiger partial charge in [-0.2, -0.15) is 0 Å². The summed E-state index contributed by atoms with van der Waals surface area (Å²) in [6.07, 6.45) is 0.663. The highest BCUT2D eigenvalue weighted by Crippen LogP contribution is 2.19. The molecule has 1 aliphatic rings. The lowest BCUT2D eigenvalue weighted by Crippen LogP contribution is -2.54. The van der Waals surface area contributed by atoms with Gasteiger partial charge in [-0.05, 0) is 24.5 Å². The Morgan fingerprint density at radius 1 is 1.13 bits per heavy atom. The van der Waals surface area contributed by atoms with Crippen LogP contribution in [0, 0.1) is 5.92 Å². The highest BCUT2D eigenvalue weighted by Gasteiger charge is 2.28. The van der Waals surface area contributed by atoms with Crippen molar-refractivity contribution < 1.29 is 14.7 Å². The molecule has 2 amide bonds. The van der Waals surface area contributed by atoms with Crippen LogP contribution in [0.5, 0.6) is 5.75 Å². The molecule has 0 aliphatic carbocycles. The van der Waals surface area contributed by atoms with Crippen molar-refractivity contribution in [3.63, 3.8) is 0 Å². The second-order valence-electron chi connectivity index (χ2n) is 6.37. The van der Waals surface area contributed by atoms with Crippen LogP contribution in [-0.2, 0) is 4.79 Å². The maximum absolute atomic E-state index is 12.4. The number of nitrogens with zero attached hydrogens (tertiary/aromatic N) is 2. The first-order valence-electron chi connectivity index (χ1n) is 8.01. The van der Waals surface area contributed by atoms with Crippen molar-refractivity contribution in [2.24, 2.45) is 11.7 Å². The van der Waals surface area contributed by atoms with E-state index in [2.05, 4.69) is 0 Å². The Labute approximate surface area is 136 Å². The molecule has 3 N–H and O–H groups in total. The summed E-state index contributed by atoms with van der Waals surface area (Å²) in [5.41, 5.74) is 6.24. The molecule has 1 fully saturated rings. The van der Waals surface area contributed by atoms with E-state index in [-0.39, 0.29) is 17.6 Å². The Hall–Kier alpha value is -2.08. The summed E-state index contributed by atoms with van der Waals surface area (Å²) in [6.45, 7) is 5.93. The Morgan fingerprint density at radius 3 is 2.26 bits per heavy atom. The normalized spacial score (nSPS) is 16.5. The molecule has 0 saturated carbocycles. The molecule has 0 bridgehead atoms. The fraction of sp³-hybridized carbons (Fsp3) is 0.529. The van der Waals surface area contributed by atoms with E-state index in [4.69, 9.17) is 5.73 Å². The number of amides is 2. The lowest BCUT2D eigenvalue weighted by Gasteiger charge is -2.36. The number of phenols is 1. The van der Waals surface area contributed by atoms with Crippen molar-refractivity contribution in [1.29, 1.82) is 0 Å². The summed E-state index contributed by atoms with van der Waals surface area (Å²) in [5.74, 6) is 0.0999. The van der Waals surface area contributed by atoms with Crippen LogP contribution in [0.4, 0.5) is 0 Å². The number of piperazine rings is 1. The molecule has 2 rings (SSSR count). The minimum Gasteiger partial charge on any atom is -0.507 e. The second kappa shape index (κ2) is 7.46. The Bertz CT molecular complexity index is 566. The fourth-order valence-corrected chi connectivity index (χ4v) is 2.80. The van der Waals surface area contributed by atoms with E-state index < -0.39 is 6.04 Å². The van der Waals surface area contributed by atoms with Gasteiger partial charge in [-0.1, -0.05) is 26.0 Å². The third kappa shape index (κ3) is 4.22. The molecule has 1 aliphatic heterocycles. The highest BCUT2D eigenvalue weighted by molar-refractivity contribution is 5.97. The van der Waals surface area contributed by atoms with E-state index >= 15 is 0 Å². The fourth-order valence-electron chi connectivity index (χ4n) is 2.80. The standard InChI is InChI=1S/C17H25N3O3/c1-12(2)11-14(18)17(23)20-9-7-19(8-10-20)16(22)13-5-3-4-6-15(13)21/h3-6,12,14,21H,7-11,18H2,1-2H3/t14-/m0/s1. The van der Waals surface area contributed by atoms with Crippen LogP contribution in [0.1, 0.15) is 30.6 Å². The molecule has 0 unspecified atom stereocenters. The van der Waals surface area contributed by atoms with Crippen molar-refractivity contribution in [3.05, 3.63) is 29.8 Å². The Balaban J connectivity index is 1.92. The van der Waals surface area contributed by atoms with Crippen LogP contribution in [0.3, 0.4) is 0 Å². The number of hydrogen-bond donors (Lipinski definition) is 2. The lowest BCUT2D eigenvalue weighted by molar-refractivity contribution is -0.134. The third-order valence-corrected chi connectivity index (χ3v) is 4.06. The summed E-state index contributed by atoms with van der Waals surface area (Å²) < 4.78 is 0. The number of carbonyl (C=O) groups excluding carboxylic acids is 2. The van der Waals surface area contributed by atoms with E-state index in [1.165, 1.54) is 6.07 Å². The summed E-state index contributed by atoms with van der Waals surface area (Å²) in [4.78, 5) is 28.1. The first-order chi connectivity index (χ1) is 10.9. The molecule has 1 saturated heterocycles. The number of hydrogen-bond acceptors (Lipinski definition) is 4. The zero-order valence-electron chi connectivity index (χ0n) is 13.7. The van der Waals surface area contributed by atoms with Gasteiger partial charge in [0.05, 0.1) is 11.6 Å². The maximum atomic E-state index is 12.4. The van der Waals surface area contributed by atoms with Crippen LogP contribution in [0.2, 0.25) is 0 Å². The van der Waals surface area contributed by atoms with Gasteiger partial charge < -0.3 is 20.6 Å². The maximum Gasteiger partial charge on any atom is 0.257 e. The average molecular weight is 319 g/mol. The van der Waals surface area contributed by atoms with Crippen molar-refractivity contribution in [2.45, 2.75) is 26.3 Å². The van der Waals surface area contributed by atoms with Gasteiger partial charge in [-0.15, -0.1) is 0 Å². The largest absolute Gasteiger partial charge is 0.507 e. The third-order valence-electron chi connectivity index (χ3n) is 4.06. The molecule has 1 aromatic carbocycles. The van der Waals surface area contributed by atoms with Gasteiger partial charge in [0.1, 0.15) is 5.75 Å². The average Bonchev–Trinajstić information content (AvgIpc) is 2.53. The number of para-hydroxylation sites is 1. The number of aromatic hydroxyl groups is 1. The summed E-state index contributed by atoms with van der Waals surface area (Å²) in [7, 11) is 0. The van der Waals surface area contributed by atoms with Gasteiger partial charge in [0, 0.05) is 26.2 Å². The number of nitrogens with two attached hydrogens (primary N) is 1. The molecular formula is C17H25N3O3. The summed E-state index contributed by atoms with van der Waals surface area (Å²) in [5, 5.41) is 9.78. The minimum absolute atomic E-state index is 0.0186. The topological polar surface area (TPSA) is 86.9 Å². The van der Waals surface area contributed by atoms with E-state index in [1.807, 2.05) is 13.8 Å². The molecule has 6 nitrogen and oxygen atoms in total. The minimum atomic E-state index is -0.476. The zero-order valence-corrected chi connectivity index (χ0v) is 13.7. The molecule has 23 heavy (non-hydrogen) atoms. The Morgan fingerprint density at radius 2 is 1.70 bits per heavy atom. The van der Waals surface area contributed by atoms with Crippen molar-refractivity contribution >= 4 is 11.8 Å². The van der Waals surface area contributed by atoms with Crippen molar-refractivity contribution in [3.8, 4) is 5.75 Å². The zero-order chi connectivity index (χ0) is 17.0. The van der Waals surface area contributed by atoms with Crippen molar-refractivity contribution in [1.82, 2.24) is 9.80 Å². The molecule has 0 radical (unpaired) electrons. The number of benzene rings is 1. The van der Waals surface area contributed by atoms with Crippen LogP contribution in [0.15, 0.2) is 24.3 Å². The van der Waals surface area contributed by atoms with Gasteiger partial charge in [0.25, 0.3) is 5.91 Å². The summed E-state index contributed by atoms with van der Waals surface area (Å²) in [6, 6.07) is 6.03. The molecule has 1 heterocycles. The number of phenolic OH excluding ortho intramolecular Hbond substituents is 1. The molecule has 6 heteroatoms. The molecule has 0 spiro atoms. The monoisotopic (exact) mass is 319 g/mol. The van der Waals surface area contributed by atoms with E-state index in [0.29, 0.717) is 44.1 Å². The molecule has 0 aromatic heterocycles. The SMILES string of the molecule is CC(C)C[C@H](N)C(=O)N1CCN(C(=O)c2ccccc2O)CC1. The van der Waals surface area contributed by atoms with Crippen LogP contribution in [-0.4, -0.2) is 58.9 Å². The molecular weight excluding hydrogens is 294 g/mol. The first kappa shape index (κ1) is 17.3. The number of carbonyl (C=O) groups is 2. The van der Waals surface area contributed by atoms with Crippen LogP contribution >= 0.6 is 0 Å². The predicted octanol–water partition coefficient (Wildman–Crippen LogP) is 1.05.